The second-order valence-corrected chi connectivity index (χ2v) is 6.07. The van der Waals surface area contributed by atoms with Gasteiger partial charge in [0.1, 0.15) is 0 Å². The van der Waals surface area contributed by atoms with Gasteiger partial charge in [0, 0.05) is 23.7 Å². The largest absolute Gasteiger partial charge is 0.335 e. The van der Waals surface area contributed by atoms with E-state index in [9.17, 15) is 0 Å². The summed E-state index contributed by atoms with van der Waals surface area (Å²) >= 11 is 1.59. The van der Waals surface area contributed by atoms with E-state index in [4.69, 9.17) is 5.84 Å². The summed E-state index contributed by atoms with van der Waals surface area (Å²) in [5.74, 6) is 7.58. The van der Waals surface area contributed by atoms with Crippen LogP contribution in [0.5, 0.6) is 0 Å². The highest BCUT2D eigenvalue weighted by molar-refractivity contribution is 7.98. The second kappa shape index (κ2) is 6.19. The average molecular weight is 311 g/mol. The lowest BCUT2D eigenvalue weighted by Crippen LogP contribution is -2.11. The number of aromatic nitrogens is 4. The number of hydrogen-bond donors (Lipinski definition) is 1. The minimum absolute atomic E-state index is 0.644. The molecule has 3 rings (SSSR count). The van der Waals surface area contributed by atoms with Crippen LogP contribution in [0.15, 0.2) is 47.9 Å². The van der Waals surface area contributed by atoms with Gasteiger partial charge in [-0.3, -0.25) is 4.98 Å². The molecule has 0 spiro atoms. The SMILES string of the molecule is Cc1ccc(C)c(CSc2nnc(-c3ccncc3)n2N)c1. The van der Waals surface area contributed by atoms with Crippen molar-refractivity contribution in [2.75, 3.05) is 5.84 Å². The molecule has 0 aliphatic heterocycles. The third-order valence-electron chi connectivity index (χ3n) is 3.46. The Labute approximate surface area is 133 Å². The molecule has 6 heteroatoms. The Kier molecular flexibility index (Phi) is 4.11. The van der Waals surface area contributed by atoms with Crippen LogP contribution < -0.4 is 5.84 Å². The van der Waals surface area contributed by atoms with Crippen LogP contribution in [0.25, 0.3) is 11.4 Å². The molecule has 0 saturated heterocycles. The normalized spacial score (nSPS) is 10.8. The fraction of sp³-hybridized carbons (Fsp3) is 0.188. The van der Waals surface area contributed by atoms with Gasteiger partial charge in [0.05, 0.1) is 0 Å². The maximum absolute atomic E-state index is 6.12. The zero-order valence-corrected chi connectivity index (χ0v) is 13.3. The second-order valence-electron chi connectivity index (χ2n) is 5.13. The smallest absolute Gasteiger partial charge is 0.210 e. The Hall–Kier alpha value is -2.34. The van der Waals surface area contributed by atoms with Gasteiger partial charge in [-0.2, -0.15) is 0 Å². The molecule has 2 aromatic heterocycles. The van der Waals surface area contributed by atoms with Crippen LogP contribution in [0.2, 0.25) is 0 Å². The van der Waals surface area contributed by atoms with Crippen LogP contribution in [-0.4, -0.2) is 19.9 Å². The van der Waals surface area contributed by atoms with Crippen molar-refractivity contribution in [2.45, 2.75) is 24.8 Å². The van der Waals surface area contributed by atoms with Crippen molar-refractivity contribution in [1.82, 2.24) is 19.9 Å². The van der Waals surface area contributed by atoms with Crippen molar-refractivity contribution in [3.05, 3.63) is 59.4 Å². The molecule has 22 heavy (non-hydrogen) atoms. The number of pyridine rings is 1. The van der Waals surface area contributed by atoms with Gasteiger partial charge in [-0.05, 0) is 37.1 Å². The molecule has 3 aromatic rings. The predicted octanol–water partition coefficient (Wildman–Crippen LogP) is 2.96. The molecule has 0 amide bonds. The minimum Gasteiger partial charge on any atom is -0.335 e. The third kappa shape index (κ3) is 2.96. The zero-order chi connectivity index (χ0) is 15.5. The lowest BCUT2D eigenvalue weighted by Gasteiger charge is -2.07. The van der Waals surface area contributed by atoms with E-state index in [0.717, 1.165) is 11.3 Å². The fourth-order valence-corrected chi connectivity index (χ4v) is 3.09. The Balaban J connectivity index is 1.80. The van der Waals surface area contributed by atoms with Crippen molar-refractivity contribution in [3.63, 3.8) is 0 Å². The third-order valence-corrected chi connectivity index (χ3v) is 4.46. The van der Waals surface area contributed by atoms with Crippen molar-refractivity contribution in [3.8, 4) is 11.4 Å². The van der Waals surface area contributed by atoms with Gasteiger partial charge in [-0.1, -0.05) is 35.5 Å². The first-order chi connectivity index (χ1) is 10.6. The first-order valence-electron chi connectivity index (χ1n) is 6.95. The Morgan fingerprint density at radius 1 is 1.09 bits per heavy atom. The van der Waals surface area contributed by atoms with E-state index >= 15 is 0 Å². The molecule has 0 atom stereocenters. The number of aryl methyl sites for hydroxylation is 2. The minimum atomic E-state index is 0.644. The number of nitrogen functional groups attached to an aromatic ring is 1. The van der Waals surface area contributed by atoms with E-state index < -0.39 is 0 Å². The molecular formula is C16H17N5S. The van der Waals surface area contributed by atoms with Crippen LogP contribution >= 0.6 is 11.8 Å². The van der Waals surface area contributed by atoms with Gasteiger partial charge in [0.15, 0.2) is 5.82 Å². The number of nitrogens with two attached hydrogens (primary N) is 1. The molecule has 5 nitrogen and oxygen atoms in total. The van der Waals surface area contributed by atoms with Crippen LogP contribution in [0.4, 0.5) is 0 Å². The van der Waals surface area contributed by atoms with Gasteiger partial charge in [0.2, 0.25) is 5.16 Å². The zero-order valence-electron chi connectivity index (χ0n) is 12.5. The first kappa shape index (κ1) is 14.6. The van der Waals surface area contributed by atoms with E-state index in [0.29, 0.717) is 11.0 Å². The topological polar surface area (TPSA) is 69.6 Å². The maximum atomic E-state index is 6.12. The van der Waals surface area contributed by atoms with Gasteiger partial charge < -0.3 is 5.84 Å². The summed E-state index contributed by atoms with van der Waals surface area (Å²) in [5, 5.41) is 9.07. The molecular weight excluding hydrogens is 294 g/mol. The summed E-state index contributed by atoms with van der Waals surface area (Å²) in [6.07, 6.45) is 3.43. The molecule has 2 heterocycles. The van der Waals surface area contributed by atoms with E-state index in [1.807, 2.05) is 12.1 Å². The molecule has 0 fully saturated rings. The van der Waals surface area contributed by atoms with Crippen molar-refractivity contribution >= 4 is 11.8 Å². The fourth-order valence-electron chi connectivity index (χ4n) is 2.17. The summed E-state index contributed by atoms with van der Waals surface area (Å²) in [4.78, 5) is 4.00. The summed E-state index contributed by atoms with van der Waals surface area (Å²) in [6.45, 7) is 4.21. The lowest BCUT2D eigenvalue weighted by atomic mass is 10.1. The molecule has 1 aromatic carbocycles. The number of benzene rings is 1. The molecule has 0 saturated carbocycles. The molecule has 2 N–H and O–H groups in total. The van der Waals surface area contributed by atoms with Crippen LogP contribution in [0.1, 0.15) is 16.7 Å². The standard InChI is InChI=1S/C16H17N5S/c1-11-3-4-12(2)14(9-11)10-22-16-20-19-15(21(16)17)13-5-7-18-8-6-13/h3-9H,10,17H2,1-2H3. The quantitative estimate of drug-likeness (QED) is 0.592. The number of nitrogens with zero attached hydrogens (tertiary/aromatic N) is 4. The molecule has 0 unspecified atom stereocenters. The highest BCUT2D eigenvalue weighted by atomic mass is 32.2. The summed E-state index contributed by atoms with van der Waals surface area (Å²) in [6, 6.07) is 10.2. The van der Waals surface area contributed by atoms with Gasteiger partial charge in [-0.25, -0.2) is 4.68 Å². The van der Waals surface area contributed by atoms with Gasteiger partial charge in [-0.15, -0.1) is 10.2 Å². The van der Waals surface area contributed by atoms with Gasteiger partial charge in [0.25, 0.3) is 0 Å². The van der Waals surface area contributed by atoms with Crippen LogP contribution in [-0.2, 0) is 5.75 Å². The predicted molar refractivity (Wildman–Crippen MR) is 88.9 cm³/mol. The number of hydrogen-bond acceptors (Lipinski definition) is 5. The first-order valence-corrected chi connectivity index (χ1v) is 7.93. The maximum Gasteiger partial charge on any atom is 0.210 e. The Bertz CT molecular complexity index is 782. The summed E-state index contributed by atoms with van der Waals surface area (Å²) in [5.41, 5.74) is 4.73. The molecule has 112 valence electrons. The van der Waals surface area contributed by atoms with E-state index in [2.05, 4.69) is 47.2 Å². The van der Waals surface area contributed by atoms with Crippen LogP contribution in [0, 0.1) is 13.8 Å². The van der Waals surface area contributed by atoms with E-state index in [1.165, 1.54) is 21.4 Å². The lowest BCUT2D eigenvalue weighted by molar-refractivity contribution is 0.849. The Morgan fingerprint density at radius 3 is 2.64 bits per heavy atom. The molecule has 0 aliphatic rings. The highest BCUT2D eigenvalue weighted by Crippen LogP contribution is 2.25. The average Bonchev–Trinajstić information content (AvgIpc) is 2.90. The summed E-state index contributed by atoms with van der Waals surface area (Å²) < 4.78 is 1.53. The Morgan fingerprint density at radius 2 is 1.86 bits per heavy atom. The van der Waals surface area contributed by atoms with Crippen molar-refractivity contribution in [2.24, 2.45) is 0 Å². The number of rotatable bonds is 4. The number of thioether (sulfide) groups is 1. The van der Waals surface area contributed by atoms with Crippen molar-refractivity contribution in [1.29, 1.82) is 0 Å². The highest BCUT2D eigenvalue weighted by Gasteiger charge is 2.12. The molecule has 0 radical (unpaired) electrons. The van der Waals surface area contributed by atoms with Crippen LogP contribution in [0.3, 0.4) is 0 Å². The molecule has 0 bridgehead atoms. The van der Waals surface area contributed by atoms with Crippen molar-refractivity contribution < 1.29 is 0 Å². The van der Waals surface area contributed by atoms with E-state index in [1.54, 1.807) is 24.2 Å². The summed E-state index contributed by atoms with van der Waals surface area (Å²) in [7, 11) is 0. The monoisotopic (exact) mass is 311 g/mol. The molecule has 0 aliphatic carbocycles. The van der Waals surface area contributed by atoms with Gasteiger partial charge >= 0.3 is 0 Å². The van der Waals surface area contributed by atoms with E-state index in [-0.39, 0.29) is 0 Å².